The molecule has 0 atom stereocenters. The van der Waals surface area contributed by atoms with E-state index in [1.54, 1.807) is 30.3 Å². The number of hydrogen-bond acceptors (Lipinski definition) is 2. The summed E-state index contributed by atoms with van der Waals surface area (Å²) in [6, 6.07) is 8.50. The summed E-state index contributed by atoms with van der Waals surface area (Å²) in [5, 5.41) is 0. The SMILES string of the molecule is CCO[Si](C=Cc1ccccc1)OC(F)(F)C(F)(F)F. The van der Waals surface area contributed by atoms with Crippen molar-refractivity contribution in [2.75, 3.05) is 6.61 Å². The predicted molar refractivity (Wildman–Crippen MR) is 64.9 cm³/mol. The van der Waals surface area contributed by atoms with E-state index in [0.29, 0.717) is 5.56 Å². The monoisotopic (exact) mass is 311 g/mol. The van der Waals surface area contributed by atoms with Gasteiger partial charge in [-0.05, 0) is 18.2 Å². The normalized spacial score (nSPS) is 13.3. The Balaban J connectivity index is 2.77. The molecule has 111 valence electrons. The first kappa shape index (κ1) is 16.8. The van der Waals surface area contributed by atoms with E-state index in [1.807, 2.05) is 0 Å². The Bertz CT molecular complexity index is 433. The maximum Gasteiger partial charge on any atom is 0.481 e. The Morgan fingerprint density at radius 3 is 2.20 bits per heavy atom. The van der Waals surface area contributed by atoms with Crippen LogP contribution in [-0.4, -0.2) is 28.2 Å². The molecule has 1 aromatic rings. The van der Waals surface area contributed by atoms with Gasteiger partial charge in [-0.3, -0.25) is 0 Å². The van der Waals surface area contributed by atoms with Crippen LogP contribution in [0.4, 0.5) is 22.0 Å². The fourth-order valence-electron chi connectivity index (χ4n) is 1.17. The number of halogens is 5. The molecular weight excluding hydrogens is 299 g/mol. The maximum atomic E-state index is 12.8. The Morgan fingerprint density at radius 2 is 1.70 bits per heavy atom. The molecule has 0 heterocycles. The molecule has 1 aromatic carbocycles. The van der Waals surface area contributed by atoms with Crippen molar-refractivity contribution in [3.63, 3.8) is 0 Å². The van der Waals surface area contributed by atoms with E-state index in [4.69, 9.17) is 4.43 Å². The molecule has 2 nitrogen and oxygen atoms in total. The van der Waals surface area contributed by atoms with Crippen molar-refractivity contribution in [1.82, 2.24) is 0 Å². The first-order valence-electron chi connectivity index (χ1n) is 5.62. The van der Waals surface area contributed by atoms with Gasteiger partial charge in [0.1, 0.15) is 0 Å². The Hall–Kier alpha value is -1.25. The van der Waals surface area contributed by atoms with Crippen LogP contribution >= 0.6 is 0 Å². The zero-order chi connectivity index (χ0) is 15.2. The zero-order valence-electron chi connectivity index (χ0n) is 10.5. The topological polar surface area (TPSA) is 18.5 Å². The third-order valence-electron chi connectivity index (χ3n) is 2.06. The molecule has 0 aromatic heterocycles. The van der Waals surface area contributed by atoms with Crippen molar-refractivity contribution < 1.29 is 30.8 Å². The molecule has 0 saturated heterocycles. The van der Waals surface area contributed by atoms with Crippen LogP contribution in [-0.2, 0) is 8.85 Å². The van der Waals surface area contributed by atoms with Crippen LogP contribution in [0.25, 0.3) is 6.08 Å². The highest BCUT2D eigenvalue weighted by Crippen LogP contribution is 2.36. The molecule has 0 N–H and O–H groups in total. The van der Waals surface area contributed by atoms with Crippen molar-refractivity contribution in [1.29, 1.82) is 0 Å². The molecule has 0 unspecified atom stereocenters. The van der Waals surface area contributed by atoms with Crippen LogP contribution in [0.2, 0.25) is 0 Å². The summed E-state index contributed by atoms with van der Waals surface area (Å²) in [5.41, 5.74) is 1.75. The summed E-state index contributed by atoms with van der Waals surface area (Å²) in [6.45, 7) is 1.46. The molecule has 0 saturated carbocycles. The maximum absolute atomic E-state index is 12.8. The van der Waals surface area contributed by atoms with Crippen LogP contribution in [0.3, 0.4) is 0 Å². The summed E-state index contributed by atoms with van der Waals surface area (Å²) >= 11 is 0. The van der Waals surface area contributed by atoms with Gasteiger partial charge in [0.25, 0.3) is 0 Å². The van der Waals surface area contributed by atoms with Gasteiger partial charge < -0.3 is 8.85 Å². The van der Waals surface area contributed by atoms with E-state index < -0.39 is 21.6 Å². The molecule has 0 aliphatic heterocycles. The first-order valence-corrected chi connectivity index (χ1v) is 7.02. The van der Waals surface area contributed by atoms with Crippen LogP contribution in [0.1, 0.15) is 12.5 Å². The number of alkyl halides is 5. The summed E-state index contributed by atoms with van der Waals surface area (Å²) < 4.78 is 70.4. The molecule has 0 spiro atoms. The standard InChI is InChI=1S/C12H12F5O2Si/c1-2-18-20(19-12(16,17)11(13,14)15)9-8-10-6-4-3-5-7-10/h3-9H,2H2,1H3. The molecule has 1 rings (SSSR count). The van der Waals surface area contributed by atoms with Crippen LogP contribution < -0.4 is 0 Å². The van der Waals surface area contributed by atoms with Gasteiger partial charge in [-0.15, -0.1) is 0 Å². The Labute approximate surface area is 114 Å². The van der Waals surface area contributed by atoms with E-state index in [-0.39, 0.29) is 6.61 Å². The largest absolute Gasteiger partial charge is 0.481 e. The number of benzene rings is 1. The lowest BCUT2D eigenvalue weighted by atomic mass is 10.2. The van der Waals surface area contributed by atoms with E-state index in [1.165, 1.54) is 13.0 Å². The Kier molecular flexibility index (Phi) is 5.84. The molecule has 0 amide bonds. The van der Waals surface area contributed by atoms with E-state index in [0.717, 1.165) is 5.70 Å². The molecule has 0 aliphatic rings. The second kappa shape index (κ2) is 6.96. The average Bonchev–Trinajstić information content (AvgIpc) is 2.36. The molecule has 0 bridgehead atoms. The minimum atomic E-state index is -5.76. The minimum Gasteiger partial charge on any atom is -0.390 e. The lowest BCUT2D eigenvalue weighted by Crippen LogP contribution is -2.44. The highest BCUT2D eigenvalue weighted by molar-refractivity contribution is 6.51. The molecule has 8 heteroatoms. The van der Waals surface area contributed by atoms with E-state index >= 15 is 0 Å². The quantitative estimate of drug-likeness (QED) is 0.585. The molecule has 1 radical (unpaired) electrons. The highest BCUT2D eigenvalue weighted by atomic mass is 28.3. The molecule has 0 aliphatic carbocycles. The van der Waals surface area contributed by atoms with Crippen LogP contribution in [0, 0.1) is 0 Å². The second-order valence-electron chi connectivity index (χ2n) is 3.61. The fourth-order valence-corrected chi connectivity index (χ4v) is 2.37. The second-order valence-corrected chi connectivity index (χ2v) is 5.08. The summed E-state index contributed by atoms with van der Waals surface area (Å²) in [4.78, 5) is 0. The first-order chi connectivity index (χ1) is 9.26. The summed E-state index contributed by atoms with van der Waals surface area (Å²) in [5.74, 6) is 0. The van der Waals surface area contributed by atoms with Gasteiger partial charge in [-0.1, -0.05) is 36.4 Å². The van der Waals surface area contributed by atoms with Gasteiger partial charge in [-0.25, -0.2) is 0 Å². The van der Waals surface area contributed by atoms with Gasteiger partial charge in [-0.2, -0.15) is 22.0 Å². The van der Waals surface area contributed by atoms with Crippen LogP contribution in [0.15, 0.2) is 36.0 Å². The van der Waals surface area contributed by atoms with Crippen molar-refractivity contribution in [2.45, 2.75) is 19.2 Å². The summed E-state index contributed by atoms with van der Waals surface area (Å²) in [6.07, 6.45) is -9.60. The zero-order valence-corrected chi connectivity index (χ0v) is 11.5. The average molecular weight is 311 g/mol. The van der Waals surface area contributed by atoms with Gasteiger partial charge in [0, 0.05) is 6.61 Å². The van der Waals surface area contributed by atoms with Crippen LogP contribution in [0.5, 0.6) is 0 Å². The van der Waals surface area contributed by atoms with Crippen molar-refractivity contribution in [3.05, 3.63) is 41.6 Å². The third kappa shape index (κ3) is 5.03. The minimum absolute atomic E-state index is 0.0264. The lowest BCUT2D eigenvalue weighted by Gasteiger charge is -2.22. The van der Waals surface area contributed by atoms with E-state index in [2.05, 4.69) is 4.43 Å². The third-order valence-corrected chi connectivity index (χ3v) is 3.53. The van der Waals surface area contributed by atoms with Gasteiger partial charge in [0.2, 0.25) is 0 Å². The van der Waals surface area contributed by atoms with Crippen molar-refractivity contribution in [3.8, 4) is 0 Å². The highest BCUT2D eigenvalue weighted by Gasteiger charge is 2.60. The fraction of sp³-hybridized carbons (Fsp3) is 0.333. The Morgan fingerprint density at radius 1 is 1.10 bits per heavy atom. The number of rotatable bonds is 6. The van der Waals surface area contributed by atoms with Gasteiger partial charge in [0.15, 0.2) is 0 Å². The predicted octanol–water partition coefficient (Wildman–Crippen LogP) is 3.94. The molecule has 20 heavy (non-hydrogen) atoms. The van der Waals surface area contributed by atoms with E-state index in [9.17, 15) is 22.0 Å². The van der Waals surface area contributed by atoms with Crippen molar-refractivity contribution in [2.24, 2.45) is 0 Å². The van der Waals surface area contributed by atoms with Crippen molar-refractivity contribution >= 4 is 15.4 Å². The molecular formula is C12H12F5O2Si. The number of hydrogen-bond donors (Lipinski definition) is 0. The summed E-state index contributed by atoms with van der Waals surface area (Å²) in [7, 11) is -2.88. The van der Waals surface area contributed by atoms with Gasteiger partial charge >= 0.3 is 21.6 Å². The lowest BCUT2D eigenvalue weighted by molar-refractivity contribution is -0.365. The smallest absolute Gasteiger partial charge is 0.390 e. The molecule has 0 fully saturated rings. The van der Waals surface area contributed by atoms with Gasteiger partial charge in [0.05, 0.1) is 0 Å².